The van der Waals surface area contributed by atoms with E-state index in [1.807, 2.05) is 6.26 Å². The molecule has 1 aliphatic rings. The van der Waals surface area contributed by atoms with Gasteiger partial charge in [-0.15, -0.1) is 0 Å². The number of halogens is 7. The Balaban J connectivity index is 1.78. The minimum Gasteiger partial charge on any atom is -0.349 e. The van der Waals surface area contributed by atoms with Crippen LogP contribution >= 0.6 is 23.4 Å². The molecule has 0 fully saturated rings. The van der Waals surface area contributed by atoms with Crippen LogP contribution in [-0.2, 0) is 6.54 Å². The van der Waals surface area contributed by atoms with Crippen molar-refractivity contribution in [1.82, 2.24) is 15.8 Å². The molecule has 15 heteroatoms. The summed E-state index contributed by atoms with van der Waals surface area (Å²) in [5, 5.41) is 5.84. The van der Waals surface area contributed by atoms with Crippen molar-refractivity contribution in [1.29, 1.82) is 0 Å². The van der Waals surface area contributed by atoms with Crippen molar-refractivity contribution in [2.75, 3.05) is 17.3 Å². The normalized spacial score (nSPS) is 16.9. The number of rotatable bonds is 8. The third-order valence-electron chi connectivity index (χ3n) is 5.53. The molecule has 2 amide bonds. The molecular formula is C24H24ClF6N5O2S. The lowest BCUT2D eigenvalue weighted by molar-refractivity contribution is -0.183. The van der Waals surface area contributed by atoms with Crippen molar-refractivity contribution < 1.29 is 35.9 Å². The highest BCUT2D eigenvalue weighted by Crippen LogP contribution is 2.32. The van der Waals surface area contributed by atoms with E-state index in [1.54, 1.807) is 19.3 Å². The highest BCUT2D eigenvalue weighted by Gasteiger charge is 2.52. The summed E-state index contributed by atoms with van der Waals surface area (Å²) in [6, 6.07) is 8.40. The number of alkyl halides is 6. The number of amides is 2. The lowest BCUT2D eigenvalue weighted by Gasteiger charge is -2.25. The van der Waals surface area contributed by atoms with E-state index >= 15 is 0 Å². The van der Waals surface area contributed by atoms with Gasteiger partial charge in [0.25, 0.3) is 11.8 Å². The number of carbonyl (C=O) groups is 2. The van der Waals surface area contributed by atoms with Gasteiger partial charge in [0.15, 0.2) is 0 Å². The van der Waals surface area contributed by atoms with Crippen LogP contribution < -0.4 is 16.1 Å². The average molecular weight is 596 g/mol. The zero-order valence-electron chi connectivity index (χ0n) is 20.8. The van der Waals surface area contributed by atoms with E-state index in [0.717, 1.165) is 0 Å². The molecule has 2 atom stereocenters. The summed E-state index contributed by atoms with van der Waals surface area (Å²) >= 11 is 7.76. The number of hydrazine groups is 1. The predicted octanol–water partition coefficient (Wildman–Crippen LogP) is 5.55. The molecule has 1 aliphatic heterocycles. The number of anilines is 1. The van der Waals surface area contributed by atoms with Crippen LogP contribution in [-0.4, -0.2) is 59.2 Å². The van der Waals surface area contributed by atoms with E-state index in [2.05, 4.69) is 15.6 Å². The highest BCUT2D eigenvalue weighted by molar-refractivity contribution is 7.98. The maximum Gasteiger partial charge on any atom is 0.450 e. The van der Waals surface area contributed by atoms with Gasteiger partial charge >= 0.3 is 12.4 Å². The Morgan fingerprint density at radius 3 is 2.44 bits per heavy atom. The second kappa shape index (κ2) is 12.0. The topological polar surface area (TPSA) is 85.8 Å². The number of amidine groups is 1. The third-order valence-corrected chi connectivity index (χ3v) is 6.68. The molecule has 0 saturated heterocycles. The van der Waals surface area contributed by atoms with Gasteiger partial charge < -0.3 is 10.6 Å². The van der Waals surface area contributed by atoms with Crippen LogP contribution in [0.4, 0.5) is 32.0 Å². The molecule has 2 aromatic rings. The van der Waals surface area contributed by atoms with Gasteiger partial charge in [-0.3, -0.25) is 15.0 Å². The minimum absolute atomic E-state index is 0.00550. The molecule has 212 valence electrons. The third kappa shape index (κ3) is 7.57. The minimum atomic E-state index is -5.08. The van der Waals surface area contributed by atoms with E-state index in [4.69, 9.17) is 11.6 Å². The van der Waals surface area contributed by atoms with Gasteiger partial charge in [0.1, 0.15) is 0 Å². The maximum absolute atomic E-state index is 13.3. The largest absolute Gasteiger partial charge is 0.450 e. The molecule has 1 unspecified atom stereocenters. The molecule has 0 aromatic heterocycles. The van der Waals surface area contributed by atoms with Crippen LogP contribution in [0.2, 0.25) is 5.02 Å². The molecule has 0 spiro atoms. The van der Waals surface area contributed by atoms with Crippen molar-refractivity contribution in [2.24, 2.45) is 4.99 Å². The summed E-state index contributed by atoms with van der Waals surface area (Å²) in [7, 11) is 0. The van der Waals surface area contributed by atoms with Crippen molar-refractivity contribution in [3.8, 4) is 0 Å². The molecule has 0 radical (unpaired) electrons. The summed E-state index contributed by atoms with van der Waals surface area (Å²) in [5.41, 5.74) is 2.60. The second-order valence-corrected chi connectivity index (χ2v) is 10.0. The summed E-state index contributed by atoms with van der Waals surface area (Å²) in [6.45, 7) is 2.81. The first-order valence-electron chi connectivity index (χ1n) is 11.4. The summed E-state index contributed by atoms with van der Waals surface area (Å²) in [5.74, 6) is -2.28. The van der Waals surface area contributed by atoms with Crippen molar-refractivity contribution >= 4 is 46.7 Å². The van der Waals surface area contributed by atoms with Gasteiger partial charge in [0.2, 0.25) is 12.0 Å². The van der Waals surface area contributed by atoms with Crippen LogP contribution in [0.5, 0.6) is 0 Å². The number of aryl methyl sites for hydroxylation is 1. The van der Waals surface area contributed by atoms with Crippen LogP contribution in [0.3, 0.4) is 0 Å². The fourth-order valence-corrected chi connectivity index (χ4v) is 4.66. The monoisotopic (exact) mass is 595 g/mol. The van der Waals surface area contributed by atoms with Gasteiger partial charge in [0.05, 0.1) is 16.1 Å². The van der Waals surface area contributed by atoms with Crippen molar-refractivity contribution in [3.63, 3.8) is 0 Å². The van der Waals surface area contributed by atoms with Gasteiger partial charge in [0, 0.05) is 24.0 Å². The van der Waals surface area contributed by atoms with E-state index in [-0.39, 0.29) is 33.4 Å². The van der Waals surface area contributed by atoms with Crippen molar-refractivity contribution in [3.05, 3.63) is 63.7 Å². The molecule has 3 rings (SSSR count). The summed E-state index contributed by atoms with van der Waals surface area (Å²) < 4.78 is 78.8. The van der Waals surface area contributed by atoms with Gasteiger partial charge in [-0.2, -0.15) is 43.1 Å². The van der Waals surface area contributed by atoms with Crippen LogP contribution in [0, 0.1) is 6.92 Å². The highest BCUT2D eigenvalue weighted by atomic mass is 35.5. The first-order chi connectivity index (χ1) is 18.1. The Bertz CT molecular complexity index is 1270. The molecule has 3 N–H and O–H groups in total. The van der Waals surface area contributed by atoms with Crippen LogP contribution in [0.1, 0.15) is 38.8 Å². The Morgan fingerprint density at radius 2 is 1.85 bits per heavy atom. The Hall–Kier alpha value is -2.97. The standard InChI is InChI=1S/C24H24ClF6N5O2S/c1-12-9-14(10-36-22(24(29,30)31)34-21(35-36)23(26,27)28)7-8-17(12)33-19(37)15-5-4-6-16(25)18(15)20(38)32-13(2)11-39-3/h4-9,13,22H,10-11H2,1-3H3,(H,32,38)(H,33,37)(H,34,35)/t13-,22?/m0/s1. The number of nitrogens with zero attached hydrogens (tertiary/aromatic N) is 2. The van der Waals surface area contributed by atoms with E-state index in [0.29, 0.717) is 16.3 Å². The van der Waals surface area contributed by atoms with Gasteiger partial charge in [-0.05, 0) is 49.4 Å². The Kier molecular flexibility index (Phi) is 9.44. The quantitative estimate of drug-likeness (QED) is 0.349. The van der Waals surface area contributed by atoms with Crippen LogP contribution in [0.15, 0.2) is 41.4 Å². The molecule has 1 heterocycles. The molecule has 0 saturated carbocycles. The number of thioether (sulfide) groups is 1. The van der Waals surface area contributed by atoms with Crippen molar-refractivity contribution in [2.45, 2.75) is 45.0 Å². The van der Waals surface area contributed by atoms with Gasteiger partial charge in [-0.25, -0.2) is 4.99 Å². The zero-order valence-corrected chi connectivity index (χ0v) is 22.4. The Labute approximate surface area is 229 Å². The second-order valence-electron chi connectivity index (χ2n) is 8.73. The fraction of sp³-hybridized carbons (Fsp3) is 0.375. The van der Waals surface area contributed by atoms with Gasteiger partial charge in [-0.1, -0.05) is 29.8 Å². The molecule has 0 aliphatic carbocycles. The number of hydrogen-bond donors (Lipinski definition) is 3. The summed E-state index contributed by atoms with van der Waals surface area (Å²) in [4.78, 5) is 28.7. The number of carbonyl (C=O) groups excluding carboxylic acids is 2. The lowest BCUT2D eigenvalue weighted by atomic mass is 10.0. The molecule has 0 bridgehead atoms. The van der Waals surface area contributed by atoms with Crippen LogP contribution in [0.25, 0.3) is 0 Å². The summed E-state index contributed by atoms with van der Waals surface area (Å²) in [6.07, 6.45) is -11.0. The predicted molar refractivity (Wildman–Crippen MR) is 138 cm³/mol. The fourth-order valence-electron chi connectivity index (χ4n) is 3.81. The molecular weight excluding hydrogens is 572 g/mol. The number of nitrogens with one attached hydrogen (secondary N) is 3. The molecule has 39 heavy (non-hydrogen) atoms. The molecule has 7 nitrogen and oxygen atoms in total. The zero-order chi connectivity index (χ0) is 29.1. The van der Waals surface area contributed by atoms with E-state index < -0.39 is 42.7 Å². The molecule has 2 aromatic carbocycles. The first kappa shape index (κ1) is 30.6. The lowest BCUT2D eigenvalue weighted by Crippen LogP contribution is -2.48. The van der Waals surface area contributed by atoms with E-state index in [9.17, 15) is 35.9 Å². The number of benzene rings is 2. The average Bonchev–Trinajstić information content (AvgIpc) is 3.25. The SMILES string of the molecule is CSC[C@H](C)NC(=O)c1c(Cl)cccc1C(=O)Nc1ccc(CN2NC(C(F)(F)F)=NC2C(F)(F)F)cc1C. The van der Waals surface area contributed by atoms with E-state index in [1.165, 1.54) is 48.2 Å². The number of aliphatic imine (C=N–C) groups is 1. The number of hydrogen-bond acceptors (Lipinski definition) is 6. The maximum atomic E-state index is 13.3. The first-order valence-corrected chi connectivity index (χ1v) is 13.1. The smallest absolute Gasteiger partial charge is 0.349 e. The Morgan fingerprint density at radius 1 is 1.15 bits per heavy atom.